The molecule has 2 aliphatic rings. The molecule has 0 radical (unpaired) electrons. The molecule has 0 bridgehead atoms. The van der Waals surface area contributed by atoms with Crippen molar-refractivity contribution in [3.8, 4) is 0 Å². The first kappa shape index (κ1) is 22.1. The lowest BCUT2D eigenvalue weighted by Gasteiger charge is -2.27. The van der Waals surface area contributed by atoms with Crippen molar-refractivity contribution in [2.75, 3.05) is 31.3 Å². The number of carbonyl (C=O) groups is 2. The van der Waals surface area contributed by atoms with E-state index in [1.165, 1.54) is 5.56 Å². The van der Waals surface area contributed by atoms with Crippen LogP contribution >= 0.6 is 24.2 Å². The molecule has 2 heterocycles. The van der Waals surface area contributed by atoms with Gasteiger partial charge in [0.1, 0.15) is 6.04 Å². The monoisotopic (exact) mass is 411 g/mol. The number of hydrogen-bond donors (Lipinski definition) is 1. The van der Waals surface area contributed by atoms with E-state index in [0.29, 0.717) is 37.7 Å². The molecular weight excluding hydrogens is 382 g/mol. The molecule has 150 valence electrons. The molecule has 0 saturated carbocycles. The number of nitrogens with two attached hydrogens (primary N) is 1. The number of benzene rings is 1. The Hall–Kier alpha value is -1.24. The Morgan fingerprint density at radius 3 is 2.63 bits per heavy atom. The molecule has 2 saturated heterocycles. The van der Waals surface area contributed by atoms with Crippen LogP contribution in [0.1, 0.15) is 37.7 Å². The summed E-state index contributed by atoms with van der Waals surface area (Å²) >= 11 is 1.68. The number of likely N-dealkylation sites (tertiary alicyclic amines) is 1. The van der Waals surface area contributed by atoms with Crippen LogP contribution in [0, 0.1) is 5.92 Å². The summed E-state index contributed by atoms with van der Waals surface area (Å²) in [6.45, 7) is 4.04. The summed E-state index contributed by atoms with van der Waals surface area (Å²) < 4.78 is 0. The molecule has 0 spiro atoms. The summed E-state index contributed by atoms with van der Waals surface area (Å²) in [4.78, 5) is 29.3. The minimum absolute atomic E-state index is 0. The zero-order chi connectivity index (χ0) is 18.5. The van der Waals surface area contributed by atoms with Crippen LogP contribution in [0.5, 0.6) is 0 Å². The van der Waals surface area contributed by atoms with Gasteiger partial charge in [0.25, 0.3) is 0 Å². The number of amides is 2. The second-order valence-electron chi connectivity index (χ2n) is 7.24. The lowest BCUT2D eigenvalue weighted by atomic mass is 9.89. The van der Waals surface area contributed by atoms with Crippen molar-refractivity contribution in [2.45, 2.75) is 38.1 Å². The van der Waals surface area contributed by atoms with Crippen LogP contribution in [0.4, 0.5) is 0 Å². The van der Waals surface area contributed by atoms with Gasteiger partial charge >= 0.3 is 0 Å². The summed E-state index contributed by atoms with van der Waals surface area (Å²) in [6.07, 6.45) is 2.42. The minimum Gasteiger partial charge on any atom is -0.340 e. The van der Waals surface area contributed by atoms with Gasteiger partial charge < -0.3 is 15.5 Å². The molecule has 7 heteroatoms. The third-order valence-electron chi connectivity index (χ3n) is 5.52. The minimum atomic E-state index is -0.308. The fraction of sp³-hybridized carbons (Fsp3) is 0.600. The molecule has 2 N–H and O–H groups in total. The number of carbonyl (C=O) groups excluding carboxylic acids is 2. The van der Waals surface area contributed by atoms with E-state index in [0.717, 1.165) is 12.8 Å². The van der Waals surface area contributed by atoms with Crippen LogP contribution in [0.25, 0.3) is 0 Å². The molecule has 1 aromatic carbocycles. The largest absolute Gasteiger partial charge is 0.340 e. The first-order valence-electron chi connectivity index (χ1n) is 9.56. The topological polar surface area (TPSA) is 66.6 Å². The Morgan fingerprint density at radius 2 is 1.96 bits per heavy atom. The Balaban J connectivity index is 0.00000261. The standard InChI is InChI=1S/C20H29N3O2S.ClH/c1-2-3-9-19(24)23-14-26-13-18(23)20(25)22-11-16(10-21)17(12-22)15-7-5-4-6-8-15;/h4-8,16-18H,2-3,9-14,21H2,1H3;1H/t16-,17+,18?;/m1./s1. The molecule has 2 aliphatic heterocycles. The van der Waals surface area contributed by atoms with E-state index in [4.69, 9.17) is 5.73 Å². The van der Waals surface area contributed by atoms with E-state index >= 15 is 0 Å². The molecule has 2 amide bonds. The van der Waals surface area contributed by atoms with E-state index in [-0.39, 0.29) is 42.1 Å². The predicted molar refractivity (Wildman–Crippen MR) is 113 cm³/mol. The zero-order valence-corrected chi connectivity index (χ0v) is 17.5. The first-order valence-corrected chi connectivity index (χ1v) is 10.7. The molecule has 1 aromatic rings. The number of halogens is 1. The van der Waals surface area contributed by atoms with Gasteiger partial charge in [0.2, 0.25) is 11.8 Å². The molecule has 0 aromatic heterocycles. The van der Waals surface area contributed by atoms with Crippen LogP contribution in [0.3, 0.4) is 0 Å². The Kier molecular flexibility index (Phi) is 8.45. The quantitative estimate of drug-likeness (QED) is 0.781. The Morgan fingerprint density at radius 1 is 1.22 bits per heavy atom. The molecule has 27 heavy (non-hydrogen) atoms. The number of nitrogens with zero attached hydrogens (tertiary/aromatic N) is 2. The highest BCUT2D eigenvalue weighted by atomic mass is 35.5. The smallest absolute Gasteiger partial charge is 0.246 e. The molecule has 3 atom stereocenters. The highest BCUT2D eigenvalue weighted by molar-refractivity contribution is 7.99. The number of thioether (sulfide) groups is 1. The van der Waals surface area contributed by atoms with Gasteiger partial charge in [-0.15, -0.1) is 24.2 Å². The van der Waals surface area contributed by atoms with Crippen molar-refractivity contribution in [3.63, 3.8) is 0 Å². The van der Waals surface area contributed by atoms with Gasteiger partial charge in [0.05, 0.1) is 5.88 Å². The Bertz CT molecular complexity index is 631. The van der Waals surface area contributed by atoms with Crippen molar-refractivity contribution in [1.29, 1.82) is 0 Å². The van der Waals surface area contributed by atoms with E-state index < -0.39 is 0 Å². The first-order chi connectivity index (χ1) is 12.7. The molecule has 2 fully saturated rings. The van der Waals surface area contributed by atoms with Gasteiger partial charge in [-0.25, -0.2) is 0 Å². The second-order valence-corrected chi connectivity index (χ2v) is 8.24. The van der Waals surface area contributed by atoms with E-state index in [1.54, 1.807) is 16.7 Å². The summed E-state index contributed by atoms with van der Waals surface area (Å²) in [5, 5.41) is 0. The Labute approximate surface area is 172 Å². The van der Waals surface area contributed by atoms with Crippen molar-refractivity contribution in [2.24, 2.45) is 11.7 Å². The third kappa shape index (κ3) is 4.98. The summed E-state index contributed by atoms with van der Waals surface area (Å²) in [5.74, 6) is 2.11. The van der Waals surface area contributed by atoms with E-state index in [1.807, 2.05) is 23.1 Å². The summed E-state index contributed by atoms with van der Waals surface area (Å²) in [5.41, 5.74) is 7.25. The van der Waals surface area contributed by atoms with Crippen LogP contribution in [0.15, 0.2) is 30.3 Å². The summed E-state index contributed by atoms with van der Waals surface area (Å²) in [7, 11) is 0. The number of unbranched alkanes of at least 4 members (excludes halogenated alkanes) is 1. The van der Waals surface area contributed by atoms with E-state index in [9.17, 15) is 9.59 Å². The van der Waals surface area contributed by atoms with E-state index in [2.05, 4.69) is 19.1 Å². The van der Waals surface area contributed by atoms with Crippen LogP contribution < -0.4 is 5.73 Å². The fourth-order valence-corrected chi connectivity index (χ4v) is 5.12. The maximum atomic E-state index is 13.2. The molecule has 0 aliphatic carbocycles. The van der Waals surface area contributed by atoms with Gasteiger partial charge in [-0.1, -0.05) is 43.7 Å². The van der Waals surface area contributed by atoms with Crippen LogP contribution in [-0.4, -0.2) is 58.9 Å². The lowest BCUT2D eigenvalue weighted by molar-refractivity contribution is -0.142. The number of hydrogen-bond acceptors (Lipinski definition) is 4. The maximum absolute atomic E-state index is 13.2. The van der Waals surface area contributed by atoms with Crippen LogP contribution in [0.2, 0.25) is 0 Å². The number of rotatable bonds is 6. The highest BCUT2D eigenvalue weighted by Gasteiger charge is 2.41. The molecule has 5 nitrogen and oxygen atoms in total. The van der Waals surface area contributed by atoms with Crippen molar-refractivity contribution in [3.05, 3.63) is 35.9 Å². The normalized spacial score (nSPS) is 24.7. The van der Waals surface area contributed by atoms with Crippen molar-refractivity contribution < 1.29 is 9.59 Å². The van der Waals surface area contributed by atoms with Gasteiger partial charge in [-0.3, -0.25) is 9.59 Å². The lowest BCUT2D eigenvalue weighted by Crippen LogP contribution is -2.48. The average Bonchev–Trinajstić information content (AvgIpc) is 3.33. The SMILES string of the molecule is CCCCC(=O)N1CSCC1C(=O)N1C[C@@H](CN)[C@H](c2ccccc2)C1.Cl. The maximum Gasteiger partial charge on any atom is 0.246 e. The van der Waals surface area contributed by atoms with Gasteiger partial charge in [-0.2, -0.15) is 0 Å². The average molecular weight is 412 g/mol. The third-order valence-corrected chi connectivity index (χ3v) is 6.53. The predicted octanol–water partition coefficient (Wildman–Crippen LogP) is 2.70. The van der Waals surface area contributed by atoms with Gasteiger partial charge in [-0.05, 0) is 24.4 Å². The van der Waals surface area contributed by atoms with Gasteiger partial charge in [0, 0.05) is 31.2 Å². The highest BCUT2D eigenvalue weighted by Crippen LogP contribution is 2.34. The van der Waals surface area contributed by atoms with Gasteiger partial charge in [0.15, 0.2) is 0 Å². The van der Waals surface area contributed by atoms with Crippen LogP contribution in [-0.2, 0) is 9.59 Å². The van der Waals surface area contributed by atoms with Crippen molar-refractivity contribution in [1.82, 2.24) is 9.80 Å². The molecule has 3 rings (SSSR count). The fourth-order valence-electron chi connectivity index (χ4n) is 3.94. The zero-order valence-electron chi connectivity index (χ0n) is 15.9. The molecule has 1 unspecified atom stereocenters. The van der Waals surface area contributed by atoms with Crippen molar-refractivity contribution >= 4 is 36.0 Å². The molecular formula is C20H30ClN3O2S. The summed E-state index contributed by atoms with van der Waals surface area (Å²) in [6, 6.07) is 10.0. The second kappa shape index (κ2) is 10.3.